The molecule has 1 aliphatic rings. The van der Waals surface area contributed by atoms with Crippen LogP contribution in [0.15, 0.2) is 12.2 Å². The minimum Gasteiger partial charge on any atom is -0.300 e. The minimum absolute atomic E-state index is 0.176. The number of rotatable bonds is 0. The van der Waals surface area contributed by atoms with Crippen molar-refractivity contribution in [2.45, 2.75) is 77.0 Å². The fraction of sp³-hybridized carbons (Fsp3) is 0.750. The third-order valence-corrected chi connectivity index (χ3v) is 3.51. The van der Waals surface area contributed by atoms with Gasteiger partial charge >= 0.3 is 0 Å². The second kappa shape index (κ2) is 10.0. The number of Topliss-reactive ketones (excluding diaryl/α,β-unsaturated/α-hetero) is 1. The standard InChI is InChI=1S/C16H26O2/c17-15-11-8-6-4-2-1-3-5-7-9-12-16(18)14-10-13-15/h8,11H,1-7,9-10,12-14H2. The number of ketones is 2. The lowest BCUT2D eigenvalue weighted by Crippen LogP contribution is -2.00. The number of allylic oxidation sites excluding steroid dienone is 2. The maximum atomic E-state index is 11.6. The molecule has 1 rings (SSSR count). The van der Waals surface area contributed by atoms with Gasteiger partial charge < -0.3 is 0 Å². The van der Waals surface area contributed by atoms with Gasteiger partial charge in [-0.15, -0.1) is 0 Å². The van der Waals surface area contributed by atoms with Crippen LogP contribution in [-0.4, -0.2) is 11.6 Å². The van der Waals surface area contributed by atoms with Crippen LogP contribution in [0.25, 0.3) is 0 Å². The van der Waals surface area contributed by atoms with Gasteiger partial charge in [-0.25, -0.2) is 0 Å². The molecule has 2 nitrogen and oxygen atoms in total. The lowest BCUT2D eigenvalue weighted by Gasteiger charge is -2.03. The second-order valence-corrected chi connectivity index (χ2v) is 5.27. The molecular weight excluding hydrogens is 224 g/mol. The fourth-order valence-corrected chi connectivity index (χ4v) is 2.35. The SMILES string of the molecule is O=C1C=CCCCCCCCCCC(=O)CCC1. The summed E-state index contributed by atoms with van der Waals surface area (Å²) < 4.78 is 0. The summed E-state index contributed by atoms with van der Waals surface area (Å²) in [4.78, 5) is 23.0. The first-order valence-corrected chi connectivity index (χ1v) is 7.50. The van der Waals surface area contributed by atoms with Crippen LogP contribution in [0, 0.1) is 0 Å². The smallest absolute Gasteiger partial charge is 0.155 e. The van der Waals surface area contributed by atoms with E-state index >= 15 is 0 Å². The van der Waals surface area contributed by atoms with Crippen molar-refractivity contribution in [3.8, 4) is 0 Å². The minimum atomic E-state index is 0.176. The molecule has 0 bridgehead atoms. The summed E-state index contributed by atoms with van der Waals surface area (Å²) in [5, 5.41) is 0. The zero-order chi connectivity index (χ0) is 13.1. The van der Waals surface area contributed by atoms with Gasteiger partial charge in [0.15, 0.2) is 5.78 Å². The summed E-state index contributed by atoms with van der Waals surface area (Å²) in [6.45, 7) is 0. The summed E-state index contributed by atoms with van der Waals surface area (Å²) in [5.41, 5.74) is 0. The molecule has 2 heteroatoms. The molecule has 0 aromatic heterocycles. The highest BCUT2D eigenvalue weighted by molar-refractivity contribution is 5.90. The molecule has 1 aliphatic carbocycles. The van der Waals surface area contributed by atoms with Crippen LogP contribution in [0.2, 0.25) is 0 Å². The molecule has 0 unspecified atom stereocenters. The zero-order valence-corrected chi connectivity index (χ0v) is 11.5. The molecule has 0 radical (unpaired) electrons. The van der Waals surface area contributed by atoms with E-state index in [-0.39, 0.29) is 5.78 Å². The summed E-state index contributed by atoms with van der Waals surface area (Å²) in [5.74, 6) is 0.508. The Morgan fingerprint density at radius 2 is 1.28 bits per heavy atom. The molecule has 0 fully saturated rings. The molecular formula is C16H26O2. The lowest BCUT2D eigenvalue weighted by molar-refractivity contribution is -0.119. The average Bonchev–Trinajstić information content (AvgIpc) is 2.34. The van der Waals surface area contributed by atoms with Gasteiger partial charge in [0.1, 0.15) is 5.78 Å². The molecule has 0 N–H and O–H groups in total. The Kier molecular flexibility index (Phi) is 8.45. The van der Waals surface area contributed by atoms with E-state index in [0.717, 1.165) is 19.3 Å². The van der Waals surface area contributed by atoms with Crippen LogP contribution >= 0.6 is 0 Å². The first kappa shape index (κ1) is 15.1. The first-order valence-electron chi connectivity index (χ1n) is 7.50. The Morgan fingerprint density at radius 3 is 2.06 bits per heavy atom. The Bertz CT molecular complexity index is 279. The molecule has 0 saturated carbocycles. The molecule has 0 heterocycles. The van der Waals surface area contributed by atoms with Crippen molar-refractivity contribution < 1.29 is 9.59 Å². The first-order chi connectivity index (χ1) is 8.79. The summed E-state index contributed by atoms with van der Waals surface area (Å²) in [7, 11) is 0. The highest BCUT2D eigenvalue weighted by Gasteiger charge is 2.04. The van der Waals surface area contributed by atoms with Crippen LogP contribution in [0.4, 0.5) is 0 Å². The highest BCUT2D eigenvalue weighted by atomic mass is 16.1. The molecule has 102 valence electrons. The Balaban J connectivity index is 2.31. The number of hydrogen-bond donors (Lipinski definition) is 0. The Labute approximate surface area is 111 Å². The second-order valence-electron chi connectivity index (χ2n) is 5.27. The highest BCUT2D eigenvalue weighted by Crippen LogP contribution is 2.12. The van der Waals surface area contributed by atoms with E-state index in [2.05, 4.69) is 0 Å². The molecule has 18 heavy (non-hydrogen) atoms. The van der Waals surface area contributed by atoms with Gasteiger partial charge in [0, 0.05) is 19.3 Å². The number of hydrogen-bond acceptors (Lipinski definition) is 2. The van der Waals surface area contributed by atoms with Gasteiger partial charge in [-0.05, 0) is 31.8 Å². The van der Waals surface area contributed by atoms with Crippen molar-refractivity contribution in [2.24, 2.45) is 0 Å². The van der Waals surface area contributed by atoms with Crippen LogP contribution < -0.4 is 0 Å². The maximum Gasteiger partial charge on any atom is 0.155 e. The van der Waals surface area contributed by atoms with E-state index in [1.54, 1.807) is 6.08 Å². The van der Waals surface area contributed by atoms with E-state index in [1.165, 1.54) is 38.5 Å². The molecule has 0 aromatic rings. The maximum absolute atomic E-state index is 11.6. The molecule has 0 aliphatic heterocycles. The molecule has 0 atom stereocenters. The summed E-state index contributed by atoms with van der Waals surface area (Å²) in [6, 6.07) is 0. The average molecular weight is 250 g/mol. The number of carbonyl (C=O) groups is 2. The summed E-state index contributed by atoms with van der Waals surface area (Å²) in [6.07, 6.45) is 15.8. The third kappa shape index (κ3) is 8.21. The molecule has 0 amide bonds. The quantitative estimate of drug-likeness (QED) is 0.639. The van der Waals surface area contributed by atoms with Gasteiger partial charge in [-0.3, -0.25) is 9.59 Å². The van der Waals surface area contributed by atoms with Crippen molar-refractivity contribution in [3.63, 3.8) is 0 Å². The normalized spacial score (nSPS) is 22.0. The third-order valence-electron chi connectivity index (χ3n) is 3.51. The van der Waals surface area contributed by atoms with E-state index in [9.17, 15) is 9.59 Å². The van der Waals surface area contributed by atoms with Crippen LogP contribution in [0.1, 0.15) is 77.0 Å². The van der Waals surface area contributed by atoms with Crippen LogP contribution in [0.3, 0.4) is 0 Å². The topological polar surface area (TPSA) is 34.1 Å². The van der Waals surface area contributed by atoms with Crippen molar-refractivity contribution >= 4 is 11.6 Å². The van der Waals surface area contributed by atoms with Gasteiger partial charge in [0.2, 0.25) is 0 Å². The monoisotopic (exact) mass is 250 g/mol. The van der Waals surface area contributed by atoms with Crippen LogP contribution in [0.5, 0.6) is 0 Å². The van der Waals surface area contributed by atoms with E-state index in [1.807, 2.05) is 6.08 Å². The van der Waals surface area contributed by atoms with Crippen molar-refractivity contribution in [2.75, 3.05) is 0 Å². The van der Waals surface area contributed by atoms with E-state index in [0.29, 0.717) is 25.0 Å². The number of carbonyl (C=O) groups excluding carboxylic acids is 2. The van der Waals surface area contributed by atoms with Gasteiger partial charge in [0.05, 0.1) is 0 Å². The Morgan fingerprint density at radius 1 is 0.667 bits per heavy atom. The fourth-order valence-electron chi connectivity index (χ4n) is 2.35. The van der Waals surface area contributed by atoms with Crippen molar-refractivity contribution in [1.82, 2.24) is 0 Å². The van der Waals surface area contributed by atoms with E-state index < -0.39 is 0 Å². The van der Waals surface area contributed by atoms with Crippen molar-refractivity contribution in [1.29, 1.82) is 0 Å². The lowest BCUT2D eigenvalue weighted by atomic mass is 10.0. The predicted octanol–water partition coefficient (Wildman–Crippen LogP) is 4.38. The van der Waals surface area contributed by atoms with Gasteiger partial charge in [-0.2, -0.15) is 0 Å². The van der Waals surface area contributed by atoms with Gasteiger partial charge in [0.25, 0.3) is 0 Å². The zero-order valence-electron chi connectivity index (χ0n) is 11.5. The van der Waals surface area contributed by atoms with E-state index in [4.69, 9.17) is 0 Å². The summed E-state index contributed by atoms with van der Waals surface area (Å²) >= 11 is 0. The Hall–Kier alpha value is -0.920. The molecule has 0 spiro atoms. The van der Waals surface area contributed by atoms with Crippen molar-refractivity contribution in [3.05, 3.63) is 12.2 Å². The molecule has 0 saturated heterocycles. The van der Waals surface area contributed by atoms with Crippen LogP contribution in [-0.2, 0) is 9.59 Å². The predicted molar refractivity (Wildman–Crippen MR) is 74.6 cm³/mol. The molecule has 0 aromatic carbocycles. The van der Waals surface area contributed by atoms with Gasteiger partial charge in [-0.1, -0.05) is 38.2 Å². The largest absolute Gasteiger partial charge is 0.300 e.